The van der Waals surface area contributed by atoms with Crippen molar-refractivity contribution in [2.45, 2.75) is 33.2 Å². The molecule has 4 nitrogen and oxygen atoms in total. The van der Waals surface area contributed by atoms with E-state index in [2.05, 4.69) is 34.0 Å². The summed E-state index contributed by atoms with van der Waals surface area (Å²) >= 11 is 1.68. The Kier molecular flexibility index (Phi) is 5.05. The van der Waals surface area contributed by atoms with Gasteiger partial charge in [-0.3, -0.25) is 4.79 Å². The highest BCUT2D eigenvalue weighted by atomic mass is 32.1. The van der Waals surface area contributed by atoms with Crippen LogP contribution < -0.4 is 10.2 Å². The van der Waals surface area contributed by atoms with Gasteiger partial charge in [0.15, 0.2) is 5.13 Å². The van der Waals surface area contributed by atoms with Crippen LogP contribution in [0.1, 0.15) is 28.1 Å². The van der Waals surface area contributed by atoms with Gasteiger partial charge in [0.05, 0.1) is 5.69 Å². The fourth-order valence-corrected chi connectivity index (χ4v) is 3.61. The van der Waals surface area contributed by atoms with Crippen molar-refractivity contribution >= 4 is 22.4 Å². The first-order valence-electron chi connectivity index (χ1n) is 8.20. The van der Waals surface area contributed by atoms with Gasteiger partial charge >= 0.3 is 0 Å². The van der Waals surface area contributed by atoms with Crippen molar-refractivity contribution in [1.82, 2.24) is 10.3 Å². The molecular formula is C19H20FN3OS. The summed E-state index contributed by atoms with van der Waals surface area (Å²) in [5, 5.41) is 3.93. The van der Waals surface area contributed by atoms with Crippen LogP contribution in [0, 0.1) is 38.4 Å². The lowest BCUT2D eigenvalue weighted by molar-refractivity contribution is -0.116. The van der Waals surface area contributed by atoms with Crippen LogP contribution in [0.15, 0.2) is 18.2 Å². The molecule has 1 aromatic heterocycles. The van der Waals surface area contributed by atoms with Gasteiger partial charge in [0, 0.05) is 35.5 Å². The molecule has 0 saturated carbocycles. The van der Waals surface area contributed by atoms with E-state index in [9.17, 15) is 9.18 Å². The first-order valence-corrected chi connectivity index (χ1v) is 9.01. The third kappa shape index (κ3) is 4.18. The zero-order valence-electron chi connectivity index (χ0n) is 14.5. The maximum atomic E-state index is 13.5. The second kappa shape index (κ2) is 7.24. The van der Waals surface area contributed by atoms with Gasteiger partial charge in [0.1, 0.15) is 5.82 Å². The second-order valence-corrected chi connectivity index (χ2v) is 7.44. The molecule has 1 aliphatic rings. The van der Waals surface area contributed by atoms with Gasteiger partial charge in [-0.2, -0.15) is 0 Å². The number of aromatic nitrogens is 1. The number of benzene rings is 1. The minimum absolute atomic E-state index is 0.0565. The van der Waals surface area contributed by atoms with Crippen LogP contribution in [0.5, 0.6) is 0 Å². The van der Waals surface area contributed by atoms with E-state index in [0.29, 0.717) is 11.1 Å². The summed E-state index contributed by atoms with van der Waals surface area (Å²) in [5.74, 6) is 4.61. The van der Waals surface area contributed by atoms with Gasteiger partial charge in [-0.1, -0.05) is 12.0 Å². The number of halogens is 1. The highest BCUT2D eigenvalue weighted by Gasteiger charge is 2.25. The molecule has 0 aliphatic carbocycles. The quantitative estimate of drug-likeness (QED) is 0.841. The summed E-state index contributed by atoms with van der Waals surface area (Å²) in [6.07, 6.45) is 0.865. The number of rotatable bonds is 2. The Bertz CT molecular complexity index is 846. The standard InChI is InChI=1S/C19H20FN3OS/c1-12-4-5-15(10-17(12)20)6-7-18(24)22-16-8-9-23(11-16)19-21-13(2)14(3)25-19/h4-5,10,16H,8-9,11H2,1-3H3,(H,22,24). The number of thiazole rings is 1. The van der Waals surface area contributed by atoms with Crippen LogP contribution in [0.4, 0.5) is 9.52 Å². The lowest BCUT2D eigenvalue weighted by Crippen LogP contribution is -2.36. The highest BCUT2D eigenvalue weighted by molar-refractivity contribution is 7.15. The predicted octanol–water partition coefficient (Wildman–Crippen LogP) is 2.95. The number of amides is 1. The Morgan fingerprint density at radius 1 is 1.40 bits per heavy atom. The van der Waals surface area contributed by atoms with Crippen molar-refractivity contribution in [3.05, 3.63) is 45.7 Å². The average Bonchev–Trinajstić information content (AvgIpc) is 3.16. The molecule has 0 bridgehead atoms. The molecule has 1 unspecified atom stereocenters. The van der Waals surface area contributed by atoms with Crippen molar-refractivity contribution < 1.29 is 9.18 Å². The summed E-state index contributed by atoms with van der Waals surface area (Å²) in [7, 11) is 0. The summed E-state index contributed by atoms with van der Waals surface area (Å²) in [4.78, 5) is 20.0. The Labute approximate surface area is 151 Å². The Morgan fingerprint density at radius 2 is 2.20 bits per heavy atom. The first-order chi connectivity index (χ1) is 11.9. The normalized spacial score (nSPS) is 16.5. The molecule has 1 fully saturated rings. The van der Waals surface area contributed by atoms with Crippen LogP contribution in [0.3, 0.4) is 0 Å². The summed E-state index contributed by atoms with van der Waals surface area (Å²) in [6, 6.07) is 4.77. The number of anilines is 1. The molecule has 0 radical (unpaired) electrons. The summed E-state index contributed by atoms with van der Waals surface area (Å²) < 4.78 is 13.5. The second-order valence-electron chi connectivity index (χ2n) is 6.26. The molecule has 6 heteroatoms. The van der Waals surface area contributed by atoms with Crippen LogP contribution in [0.2, 0.25) is 0 Å². The molecule has 2 aromatic rings. The predicted molar refractivity (Wildman–Crippen MR) is 98.4 cm³/mol. The zero-order valence-corrected chi connectivity index (χ0v) is 15.3. The number of nitrogens with one attached hydrogen (secondary N) is 1. The van der Waals surface area contributed by atoms with Crippen LogP contribution in [-0.4, -0.2) is 30.0 Å². The van der Waals surface area contributed by atoms with E-state index in [1.54, 1.807) is 30.4 Å². The molecule has 1 aromatic carbocycles. The van der Waals surface area contributed by atoms with Crippen LogP contribution in [0.25, 0.3) is 0 Å². The smallest absolute Gasteiger partial charge is 0.296 e. The van der Waals surface area contributed by atoms with Gasteiger partial charge in [-0.15, -0.1) is 11.3 Å². The third-order valence-electron chi connectivity index (χ3n) is 4.30. The van der Waals surface area contributed by atoms with Crippen molar-refractivity contribution in [2.24, 2.45) is 0 Å². The molecule has 1 N–H and O–H groups in total. The minimum atomic E-state index is -0.334. The molecule has 1 atom stereocenters. The number of carbonyl (C=O) groups excluding carboxylic acids is 1. The molecule has 3 rings (SSSR count). The Morgan fingerprint density at radius 3 is 2.88 bits per heavy atom. The van der Waals surface area contributed by atoms with E-state index < -0.39 is 0 Å². The van der Waals surface area contributed by atoms with E-state index in [4.69, 9.17) is 0 Å². The van der Waals surface area contributed by atoms with E-state index in [-0.39, 0.29) is 17.8 Å². The van der Waals surface area contributed by atoms with E-state index >= 15 is 0 Å². The van der Waals surface area contributed by atoms with Gasteiger partial charge < -0.3 is 10.2 Å². The molecule has 25 heavy (non-hydrogen) atoms. The molecule has 1 amide bonds. The molecule has 130 valence electrons. The van der Waals surface area contributed by atoms with Gasteiger partial charge in [0.25, 0.3) is 5.91 Å². The van der Waals surface area contributed by atoms with E-state index in [0.717, 1.165) is 30.3 Å². The molecule has 1 aliphatic heterocycles. The number of aryl methyl sites for hydroxylation is 3. The molecular weight excluding hydrogens is 337 g/mol. The summed E-state index contributed by atoms with van der Waals surface area (Å²) in [6.45, 7) is 7.37. The van der Waals surface area contributed by atoms with Gasteiger partial charge in [0.2, 0.25) is 0 Å². The summed E-state index contributed by atoms with van der Waals surface area (Å²) in [5.41, 5.74) is 2.12. The van der Waals surface area contributed by atoms with Crippen molar-refractivity contribution in [3.63, 3.8) is 0 Å². The molecule has 0 spiro atoms. The lowest BCUT2D eigenvalue weighted by atomic mass is 10.1. The van der Waals surface area contributed by atoms with Crippen molar-refractivity contribution in [3.8, 4) is 11.8 Å². The Hall–Kier alpha value is -2.39. The topological polar surface area (TPSA) is 45.2 Å². The van der Waals surface area contributed by atoms with Gasteiger partial charge in [-0.05, 0) is 44.9 Å². The fourth-order valence-electron chi connectivity index (χ4n) is 2.66. The maximum Gasteiger partial charge on any atom is 0.296 e. The average molecular weight is 357 g/mol. The largest absolute Gasteiger partial charge is 0.346 e. The van der Waals surface area contributed by atoms with E-state index in [1.165, 1.54) is 10.9 Å². The monoisotopic (exact) mass is 357 g/mol. The highest BCUT2D eigenvalue weighted by Crippen LogP contribution is 2.27. The third-order valence-corrected chi connectivity index (χ3v) is 5.44. The fraction of sp³-hybridized carbons (Fsp3) is 0.368. The number of nitrogens with zero attached hydrogens (tertiary/aromatic N) is 2. The Balaban J connectivity index is 1.57. The molecule has 2 heterocycles. The lowest BCUT2D eigenvalue weighted by Gasteiger charge is -2.14. The number of hydrogen-bond acceptors (Lipinski definition) is 4. The van der Waals surface area contributed by atoms with Gasteiger partial charge in [-0.25, -0.2) is 9.37 Å². The van der Waals surface area contributed by atoms with Crippen LogP contribution >= 0.6 is 11.3 Å². The zero-order chi connectivity index (χ0) is 18.0. The minimum Gasteiger partial charge on any atom is -0.346 e. The first kappa shape index (κ1) is 17.4. The maximum absolute atomic E-state index is 13.5. The molecule has 1 saturated heterocycles. The number of carbonyl (C=O) groups is 1. The SMILES string of the molecule is Cc1ccc(C#CC(=O)NC2CCN(c3nc(C)c(C)s3)C2)cc1F. The van der Waals surface area contributed by atoms with Crippen LogP contribution in [-0.2, 0) is 4.79 Å². The number of hydrogen-bond donors (Lipinski definition) is 1. The van der Waals surface area contributed by atoms with E-state index in [1.807, 2.05) is 6.92 Å². The van der Waals surface area contributed by atoms with Crippen molar-refractivity contribution in [2.75, 3.05) is 18.0 Å². The van der Waals surface area contributed by atoms with Crippen molar-refractivity contribution in [1.29, 1.82) is 0 Å².